The summed E-state index contributed by atoms with van der Waals surface area (Å²) in [6.07, 6.45) is 1.88. The van der Waals surface area contributed by atoms with E-state index in [4.69, 9.17) is 9.47 Å². The molecule has 5 aliphatic carbocycles. The SMILES string of the molecule is CC(=O)O[C@@]12O[C@@H]3[C@@H]4[C@@H]5[C@@H]6C[C@@H]([C@H]5[C@@H]41)[C@H]2[C@@H]63. The maximum Gasteiger partial charge on any atom is 0.305 e. The van der Waals surface area contributed by atoms with Crippen LogP contribution in [-0.4, -0.2) is 17.9 Å². The predicted octanol–water partition coefficient (Wildman–Crippen LogP) is 1.03. The Labute approximate surface area is 93.5 Å². The van der Waals surface area contributed by atoms with Gasteiger partial charge in [-0.05, 0) is 41.9 Å². The molecule has 84 valence electrons. The van der Waals surface area contributed by atoms with E-state index in [-0.39, 0.29) is 5.97 Å². The smallest absolute Gasteiger partial charge is 0.305 e. The highest BCUT2D eigenvalue weighted by atomic mass is 16.7. The number of rotatable bonds is 1. The van der Waals surface area contributed by atoms with Gasteiger partial charge in [-0.2, -0.15) is 0 Å². The molecular weight excluding hydrogens is 204 g/mol. The number of carbonyl (C=O) groups excluding carboxylic acids is 1. The van der Waals surface area contributed by atoms with Crippen molar-refractivity contribution < 1.29 is 14.3 Å². The molecule has 3 heteroatoms. The first-order chi connectivity index (χ1) is 7.74. The van der Waals surface area contributed by atoms with E-state index in [0.717, 1.165) is 35.5 Å². The first-order valence-electron chi connectivity index (χ1n) is 6.61. The lowest BCUT2D eigenvalue weighted by Crippen LogP contribution is -2.50. The lowest BCUT2D eigenvalue weighted by atomic mass is 9.59. The molecule has 2 heterocycles. The molecule has 3 nitrogen and oxygen atoms in total. The van der Waals surface area contributed by atoms with E-state index in [9.17, 15) is 4.79 Å². The molecular formula is C13H14O3. The highest BCUT2D eigenvalue weighted by Crippen LogP contribution is 2.90. The molecule has 0 spiro atoms. The Morgan fingerprint density at radius 2 is 2.06 bits per heavy atom. The number of carbonyl (C=O) groups is 1. The van der Waals surface area contributed by atoms with Crippen molar-refractivity contribution in [3.63, 3.8) is 0 Å². The van der Waals surface area contributed by atoms with Gasteiger partial charge in [0.2, 0.25) is 5.79 Å². The molecule has 7 fully saturated rings. The maximum absolute atomic E-state index is 11.4. The zero-order valence-corrected chi connectivity index (χ0v) is 9.13. The summed E-state index contributed by atoms with van der Waals surface area (Å²) < 4.78 is 11.9. The molecule has 4 bridgehead atoms. The van der Waals surface area contributed by atoms with E-state index >= 15 is 0 Å². The highest BCUT2D eigenvalue weighted by molar-refractivity contribution is 5.67. The van der Waals surface area contributed by atoms with E-state index < -0.39 is 5.79 Å². The molecule has 5 saturated carbocycles. The van der Waals surface area contributed by atoms with E-state index in [2.05, 4.69) is 0 Å². The number of esters is 1. The van der Waals surface area contributed by atoms with Gasteiger partial charge in [-0.15, -0.1) is 0 Å². The number of hydrogen-bond acceptors (Lipinski definition) is 3. The summed E-state index contributed by atoms with van der Waals surface area (Å²) in [6.45, 7) is 1.53. The molecule has 0 aromatic heterocycles. The quantitative estimate of drug-likeness (QED) is 0.617. The van der Waals surface area contributed by atoms with E-state index in [1.807, 2.05) is 0 Å². The Hall–Kier alpha value is -0.570. The molecule has 0 amide bonds. The van der Waals surface area contributed by atoms with Crippen molar-refractivity contribution in [2.45, 2.75) is 25.2 Å². The van der Waals surface area contributed by atoms with Gasteiger partial charge in [-0.1, -0.05) is 0 Å². The average molecular weight is 218 g/mol. The van der Waals surface area contributed by atoms with Gasteiger partial charge in [-0.3, -0.25) is 4.79 Å². The van der Waals surface area contributed by atoms with Gasteiger partial charge in [0.05, 0.1) is 6.10 Å². The number of hydrogen-bond donors (Lipinski definition) is 0. The van der Waals surface area contributed by atoms with Gasteiger partial charge in [-0.25, -0.2) is 0 Å². The second-order valence-electron chi connectivity index (χ2n) is 6.82. The van der Waals surface area contributed by atoms with Crippen LogP contribution in [0.1, 0.15) is 13.3 Å². The molecule has 16 heavy (non-hydrogen) atoms. The third kappa shape index (κ3) is 0.430. The van der Waals surface area contributed by atoms with E-state index in [1.165, 1.54) is 13.3 Å². The van der Waals surface area contributed by atoms with Crippen LogP contribution in [0.15, 0.2) is 0 Å². The number of ether oxygens (including phenoxy) is 2. The van der Waals surface area contributed by atoms with Crippen LogP contribution < -0.4 is 0 Å². The van der Waals surface area contributed by atoms with Crippen molar-refractivity contribution in [1.82, 2.24) is 0 Å². The Kier molecular flexibility index (Phi) is 0.848. The molecule has 0 aromatic rings. The van der Waals surface area contributed by atoms with Crippen LogP contribution in [0.25, 0.3) is 0 Å². The van der Waals surface area contributed by atoms with Crippen molar-refractivity contribution >= 4 is 5.97 Å². The summed E-state index contributed by atoms with van der Waals surface area (Å²) in [5.41, 5.74) is 0. The first-order valence-corrected chi connectivity index (χ1v) is 6.61. The summed E-state index contributed by atoms with van der Waals surface area (Å²) in [5.74, 6) is 5.71. The minimum Gasteiger partial charge on any atom is -0.433 e. The van der Waals surface area contributed by atoms with Crippen molar-refractivity contribution in [1.29, 1.82) is 0 Å². The van der Waals surface area contributed by atoms with Gasteiger partial charge in [0.15, 0.2) is 0 Å². The van der Waals surface area contributed by atoms with Gasteiger partial charge in [0.1, 0.15) is 0 Å². The molecule has 0 radical (unpaired) electrons. The predicted molar refractivity (Wildman–Crippen MR) is 51.9 cm³/mol. The fraction of sp³-hybridized carbons (Fsp3) is 0.923. The fourth-order valence-corrected chi connectivity index (χ4v) is 7.31. The molecule has 7 aliphatic rings. The molecule has 0 N–H and O–H groups in total. The maximum atomic E-state index is 11.4. The van der Waals surface area contributed by atoms with Crippen molar-refractivity contribution in [2.24, 2.45) is 47.3 Å². The molecule has 10 atom stereocenters. The summed E-state index contributed by atoms with van der Waals surface area (Å²) in [7, 11) is 0. The molecule has 7 rings (SSSR count). The largest absolute Gasteiger partial charge is 0.433 e. The van der Waals surface area contributed by atoms with Crippen LogP contribution in [0.5, 0.6) is 0 Å². The van der Waals surface area contributed by atoms with E-state index in [1.54, 1.807) is 0 Å². The van der Waals surface area contributed by atoms with Crippen molar-refractivity contribution in [3.05, 3.63) is 0 Å². The summed E-state index contributed by atoms with van der Waals surface area (Å²) in [5, 5.41) is 0. The first kappa shape index (κ1) is 7.70. The second kappa shape index (κ2) is 1.76. The van der Waals surface area contributed by atoms with Crippen LogP contribution in [0.2, 0.25) is 0 Å². The summed E-state index contributed by atoms with van der Waals surface area (Å²) in [6, 6.07) is 0. The average Bonchev–Trinajstić information content (AvgIpc) is 2.73. The molecule has 0 unspecified atom stereocenters. The molecule has 0 aromatic carbocycles. The summed E-state index contributed by atoms with van der Waals surface area (Å²) >= 11 is 0. The van der Waals surface area contributed by atoms with Gasteiger partial charge in [0, 0.05) is 18.8 Å². The normalized spacial score (nSPS) is 77.7. The Morgan fingerprint density at radius 1 is 1.19 bits per heavy atom. The molecule has 2 saturated heterocycles. The van der Waals surface area contributed by atoms with Crippen LogP contribution >= 0.6 is 0 Å². The standard InChI is InChI=1S/C13H14O3/c1-3(14)15-13-10-5-2-4-6-7(5)11(13)9(6)12(16-13)8(4)10/h4-12H,2H2,1H3/t4-,5-,6+,7+,8+,9+,10-,11-,12-,13-/m0/s1. The minimum atomic E-state index is -0.442. The topological polar surface area (TPSA) is 35.5 Å². The Morgan fingerprint density at radius 3 is 2.88 bits per heavy atom. The third-order valence-corrected chi connectivity index (χ3v) is 6.93. The zero-order chi connectivity index (χ0) is 10.4. The highest BCUT2D eigenvalue weighted by Gasteiger charge is 2.94. The second-order valence-corrected chi connectivity index (χ2v) is 6.82. The van der Waals surface area contributed by atoms with Crippen LogP contribution in [0, 0.1) is 47.3 Å². The van der Waals surface area contributed by atoms with E-state index in [0.29, 0.717) is 17.9 Å². The van der Waals surface area contributed by atoms with Crippen molar-refractivity contribution in [3.8, 4) is 0 Å². The van der Waals surface area contributed by atoms with Crippen LogP contribution in [-0.2, 0) is 14.3 Å². The molecule has 2 aliphatic heterocycles. The van der Waals surface area contributed by atoms with Gasteiger partial charge in [0.25, 0.3) is 0 Å². The third-order valence-electron chi connectivity index (χ3n) is 6.93. The monoisotopic (exact) mass is 218 g/mol. The van der Waals surface area contributed by atoms with Crippen LogP contribution in [0.4, 0.5) is 0 Å². The van der Waals surface area contributed by atoms with Gasteiger partial charge < -0.3 is 9.47 Å². The van der Waals surface area contributed by atoms with Gasteiger partial charge >= 0.3 is 5.97 Å². The lowest BCUT2D eigenvalue weighted by Gasteiger charge is -2.44. The van der Waals surface area contributed by atoms with Crippen LogP contribution in [0.3, 0.4) is 0 Å². The van der Waals surface area contributed by atoms with Crippen molar-refractivity contribution in [2.75, 3.05) is 0 Å². The lowest BCUT2D eigenvalue weighted by molar-refractivity contribution is -0.228. The Balaban J connectivity index is 1.62. The summed E-state index contributed by atoms with van der Waals surface area (Å²) in [4.78, 5) is 11.4. The zero-order valence-electron chi connectivity index (χ0n) is 9.13. The fourth-order valence-electron chi connectivity index (χ4n) is 7.31. The minimum absolute atomic E-state index is 0.145. The Bertz CT molecular complexity index is 450.